The number of benzene rings is 1. The van der Waals surface area contributed by atoms with E-state index in [0.29, 0.717) is 6.61 Å². The molecule has 1 aromatic rings. The molecule has 1 nitrogen and oxygen atoms in total. The average Bonchev–Trinajstić information content (AvgIpc) is 2.03. The van der Waals surface area contributed by atoms with Crippen LogP contribution in [0.4, 0.5) is 0 Å². The molecule has 8 radical (unpaired) electrons. The summed E-state index contributed by atoms with van der Waals surface area (Å²) in [7, 11) is 0. The third-order valence-electron chi connectivity index (χ3n) is 1.11. The van der Waals surface area contributed by atoms with Crippen molar-refractivity contribution in [3.05, 3.63) is 43.0 Å². The van der Waals surface area contributed by atoms with Gasteiger partial charge < -0.3 is 4.74 Å². The molecule has 1 aromatic carbocycles. The Kier molecular flexibility index (Phi) is 103. The Balaban J connectivity index is -0.0000000208. The van der Waals surface area contributed by atoms with Crippen LogP contribution in [0.1, 0.15) is 44.6 Å². The summed E-state index contributed by atoms with van der Waals surface area (Å²) in [6.07, 6.45) is 1.73. The van der Waals surface area contributed by atoms with E-state index in [4.69, 9.17) is 4.74 Å². The molecular weight excluding hydrogens is 434 g/mol. The summed E-state index contributed by atoms with van der Waals surface area (Å²) in [6.45, 7) is 4.12. The van der Waals surface area contributed by atoms with Crippen LogP contribution in [0.3, 0.4) is 0 Å². The van der Waals surface area contributed by atoms with Crippen molar-refractivity contribution in [2.45, 2.75) is 44.6 Å². The van der Waals surface area contributed by atoms with Crippen molar-refractivity contribution in [3.63, 3.8) is 0 Å². The van der Waals surface area contributed by atoms with Crippen molar-refractivity contribution < 1.29 is 4.74 Å². The minimum absolute atomic E-state index is 0. The maximum atomic E-state index is 5.24. The molecule has 0 aliphatic heterocycles. The Hall–Kier alpha value is 0.357. The van der Waals surface area contributed by atoms with E-state index in [1.165, 1.54) is 0 Å². The van der Waals surface area contributed by atoms with E-state index in [9.17, 15) is 0 Å². The van der Waals surface area contributed by atoms with Crippen molar-refractivity contribution in [1.82, 2.24) is 0 Å². The molecule has 1 rings (SSSR count). The summed E-state index contributed by atoms with van der Waals surface area (Å²) in [6, 6.07) is 9.69. The molecule has 0 saturated carbocycles. The summed E-state index contributed by atoms with van der Waals surface area (Å²) in [5, 5.41) is 0. The van der Waals surface area contributed by atoms with Gasteiger partial charge in [0.25, 0.3) is 0 Å². The van der Waals surface area contributed by atoms with Gasteiger partial charge in [-0.2, -0.15) is 0 Å². The van der Waals surface area contributed by atoms with Gasteiger partial charge in [0.2, 0.25) is 0 Å². The Morgan fingerprint density at radius 1 is 0.833 bits per heavy atom. The smallest absolute Gasteiger partial charge is 0.119 e. The maximum Gasteiger partial charge on any atom is 0.119 e. The van der Waals surface area contributed by atoms with E-state index >= 15 is 0 Å². The molecule has 0 aliphatic carbocycles. The molecule has 0 heterocycles. The average molecular weight is 468 g/mol. The first kappa shape index (κ1) is 51.6. The minimum Gasteiger partial charge on any atom is -0.490 e. The number of hydrogen-bond acceptors (Lipinski definition) is 1. The van der Waals surface area contributed by atoms with E-state index in [0.717, 1.165) is 5.75 Å². The summed E-state index contributed by atoms with van der Waals surface area (Å²) in [5.74, 6) is 0.891. The first-order valence-corrected chi connectivity index (χ1v) is 3.22. The molecule has 0 aromatic heterocycles. The van der Waals surface area contributed by atoms with Gasteiger partial charge in [-0.1, -0.05) is 75.4 Å². The molecule has 108 valence electrons. The molecule has 18 heavy (non-hydrogen) atoms. The number of para-hydroxylation sites is 1. The number of ether oxygens (including phenoxy) is 1. The molecular formula is C15H34OSn2. The van der Waals surface area contributed by atoms with Crippen LogP contribution in [0.25, 0.3) is 0 Å². The van der Waals surface area contributed by atoms with Gasteiger partial charge in [-0.3, -0.25) is 0 Å². The van der Waals surface area contributed by atoms with Gasteiger partial charge >= 0.3 is 0 Å². The fourth-order valence-electron chi connectivity index (χ4n) is 0.672. The zero-order chi connectivity index (χ0) is 7.23. The monoisotopic (exact) mass is 470 g/mol. The third-order valence-corrected chi connectivity index (χ3v) is 1.11. The topological polar surface area (TPSA) is 9.23 Å². The predicted molar refractivity (Wildman–Crippen MR) is 94.0 cm³/mol. The molecule has 0 N–H and O–H groups in total. The van der Waals surface area contributed by atoms with Gasteiger partial charge in [-0.15, -0.1) is 0 Å². The SMILES string of the molecule is C.C.C.C.C.C.C=CCOc1ccccc1.[Sn].[Sn]. The third kappa shape index (κ3) is 25.3. The van der Waals surface area contributed by atoms with Gasteiger partial charge in [0, 0.05) is 47.8 Å². The van der Waals surface area contributed by atoms with Crippen molar-refractivity contribution in [2.75, 3.05) is 6.61 Å². The van der Waals surface area contributed by atoms with Crippen LogP contribution in [0.2, 0.25) is 0 Å². The van der Waals surface area contributed by atoms with Crippen LogP contribution in [0.5, 0.6) is 5.75 Å². The van der Waals surface area contributed by atoms with Crippen LogP contribution in [0, 0.1) is 0 Å². The van der Waals surface area contributed by atoms with Crippen LogP contribution in [0.15, 0.2) is 43.0 Å². The number of hydrogen-bond donors (Lipinski definition) is 0. The molecule has 3 heteroatoms. The summed E-state index contributed by atoms with van der Waals surface area (Å²) >= 11 is 0. The molecule has 0 bridgehead atoms. The van der Waals surface area contributed by atoms with Crippen LogP contribution >= 0.6 is 0 Å². The van der Waals surface area contributed by atoms with Gasteiger partial charge in [0.15, 0.2) is 0 Å². The zero-order valence-electron chi connectivity index (χ0n) is 6.79. The second-order valence-corrected chi connectivity index (χ2v) is 1.91. The number of rotatable bonds is 3. The fourth-order valence-corrected chi connectivity index (χ4v) is 0.672. The Morgan fingerprint density at radius 3 is 1.56 bits per heavy atom. The van der Waals surface area contributed by atoms with E-state index in [2.05, 4.69) is 6.58 Å². The van der Waals surface area contributed by atoms with Crippen LogP contribution < -0.4 is 4.74 Å². The van der Waals surface area contributed by atoms with E-state index < -0.39 is 0 Å². The fraction of sp³-hybridized carbons (Fsp3) is 0.467. The van der Waals surface area contributed by atoms with Gasteiger partial charge in [0.1, 0.15) is 12.4 Å². The van der Waals surface area contributed by atoms with Crippen molar-refractivity contribution in [3.8, 4) is 5.75 Å². The van der Waals surface area contributed by atoms with Crippen molar-refractivity contribution in [2.24, 2.45) is 0 Å². The predicted octanol–water partition coefficient (Wildman–Crippen LogP) is 5.31. The Labute approximate surface area is 151 Å². The van der Waals surface area contributed by atoms with Gasteiger partial charge in [0.05, 0.1) is 0 Å². The molecule has 0 unspecified atom stereocenters. The second kappa shape index (κ2) is 36.0. The molecule has 0 fully saturated rings. The van der Waals surface area contributed by atoms with E-state index in [-0.39, 0.29) is 92.4 Å². The maximum absolute atomic E-state index is 5.24. The molecule has 0 atom stereocenters. The van der Waals surface area contributed by atoms with Crippen molar-refractivity contribution >= 4 is 47.8 Å². The van der Waals surface area contributed by atoms with Gasteiger partial charge in [-0.05, 0) is 12.1 Å². The van der Waals surface area contributed by atoms with Crippen LogP contribution in [-0.4, -0.2) is 54.4 Å². The normalized spacial score (nSPS) is 4.89. The van der Waals surface area contributed by atoms with E-state index in [1.54, 1.807) is 6.08 Å². The molecule has 0 amide bonds. The standard InChI is InChI=1S/C9H10O.6CH4.2Sn/c1-2-8-10-9-6-4-3-5-7-9;;;;;;;;/h2-7H,1,8H2;6*1H4;;. The largest absolute Gasteiger partial charge is 0.490 e. The molecule has 0 aliphatic rings. The molecule has 0 spiro atoms. The van der Waals surface area contributed by atoms with E-state index in [1.807, 2.05) is 30.3 Å². The van der Waals surface area contributed by atoms with Crippen LogP contribution in [-0.2, 0) is 0 Å². The molecule has 0 saturated heterocycles. The summed E-state index contributed by atoms with van der Waals surface area (Å²) < 4.78 is 5.24. The first-order chi connectivity index (χ1) is 4.93. The van der Waals surface area contributed by atoms with Crippen molar-refractivity contribution in [1.29, 1.82) is 0 Å². The first-order valence-electron chi connectivity index (χ1n) is 3.22. The summed E-state index contributed by atoms with van der Waals surface area (Å²) in [4.78, 5) is 0. The second-order valence-electron chi connectivity index (χ2n) is 1.91. The van der Waals surface area contributed by atoms with Gasteiger partial charge in [-0.25, -0.2) is 0 Å². The minimum atomic E-state index is 0. The zero-order valence-corrected chi connectivity index (χ0v) is 12.5. The quantitative estimate of drug-likeness (QED) is 0.432. The Bertz CT molecular complexity index is 201. The Morgan fingerprint density at radius 2 is 1.22 bits per heavy atom. The summed E-state index contributed by atoms with van der Waals surface area (Å²) in [5.41, 5.74) is 0.